The summed E-state index contributed by atoms with van der Waals surface area (Å²) < 4.78 is 1.96. The molecule has 2 rings (SSSR count). The minimum absolute atomic E-state index is 0.0756. The molecular formula is C14H21N3O3. The van der Waals surface area contributed by atoms with Gasteiger partial charge in [-0.2, -0.15) is 0 Å². The van der Waals surface area contributed by atoms with Crippen molar-refractivity contribution in [1.29, 1.82) is 0 Å². The van der Waals surface area contributed by atoms with Crippen LogP contribution in [-0.4, -0.2) is 32.5 Å². The van der Waals surface area contributed by atoms with E-state index in [-0.39, 0.29) is 11.9 Å². The molecular weight excluding hydrogens is 258 g/mol. The van der Waals surface area contributed by atoms with Gasteiger partial charge in [-0.15, -0.1) is 0 Å². The smallest absolute Gasteiger partial charge is 0.276 e. The number of hydroxylamine groups is 1. The van der Waals surface area contributed by atoms with Crippen LogP contribution >= 0.6 is 0 Å². The van der Waals surface area contributed by atoms with Crippen molar-refractivity contribution >= 4 is 11.8 Å². The Labute approximate surface area is 118 Å². The number of amides is 2. The minimum atomic E-state index is -0.534. The van der Waals surface area contributed by atoms with Crippen LogP contribution in [0.5, 0.6) is 0 Å². The number of nitrogens with one attached hydrogen (secondary N) is 1. The third kappa shape index (κ3) is 2.56. The van der Waals surface area contributed by atoms with Crippen molar-refractivity contribution in [1.82, 2.24) is 14.9 Å². The molecule has 1 aromatic heterocycles. The molecule has 2 N–H and O–H groups in total. The molecule has 1 aliphatic rings. The van der Waals surface area contributed by atoms with Crippen molar-refractivity contribution in [2.75, 3.05) is 0 Å². The van der Waals surface area contributed by atoms with Crippen molar-refractivity contribution in [3.05, 3.63) is 23.5 Å². The van der Waals surface area contributed by atoms with Gasteiger partial charge >= 0.3 is 0 Å². The third-order valence-electron chi connectivity index (χ3n) is 3.58. The number of carbonyl (C=O) groups is 2. The van der Waals surface area contributed by atoms with Gasteiger partial charge in [0.05, 0.1) is 12.1 Å². The lowest BCUT2D eigenvalue weighted by molar-refractivity contribution is -0.143. The van der Waals surface area contributed by atoms with Crippen LogP contribution in [0.25, 0.3) is 0 Å². The molecule has 1 atom stereocenters. The fourth-order valence-corrected chi connectivity index (χ4v) is 2.46. The standard InChI is InChI=1S/C14H21N3O3/c1-9-6-16-7-10(12(18)15-20)5-11(16)8-17(9)13(19)14(2,3)4/h5,7,9,20H,6,8H2,1-4H3,(H,15,18). The van der Waals surface area contributed by atoms with Gasteiger partial charge in [0.15, 0.2) is 0 Å². The van der Waals surface area contributed by atoms with E-state index in [0.717, 1.165) is 5.69 Å². The van der Waals surface area contributed by atoms with Gasteiger partial charge < -0.3 is 9.47 Å². The average Bonchev–Trinajstić information content (AvgIpc) is 2.77. The van der Waals surface area contributed by atoms with E-state index in [1.807, 2.05) is 37.2 Å². The second-order valence-electron chi connectivity index (χ2n) is 6.35. The molecule has 2 heterocycles. The first-order valence-corrected chi connectivity index (χ1v) is 6.68. The molecule has 1 aromatic rings. The highest BCUT2D eigenvalue weighted by molar-refractivity contribution is 5.93. The quantitative estimate of drug-likeness (QED) is 0.602. The van der Waals surface area contributed by atoms with Crippen LogP contribution in [0.1, 0.15) is 43.7 Å². The molecule has 20 heavy (non-hydrogen) atoms. The fraction of sp³-hybridized carbons (Fsp3) is 0.571. The van der Waals surface area contributed by atoms with E-state index >= 15 is 0 Å². The number of hydrogen-bond donors (Lipinski definition) is 2. The zero-order chi connectivity index (χ0) is 15.1. The van der Waals surface area contributed by atoms with Crippen LogP contribution in [0.15, 0.2) is 12.3 Å². The van der Waals surface area contributed by atoms with Crippen molar-refractivity contribution in [2.24, 2.45) is 5.41 Å². The van der Waals surface area contributed by atoms with Gasteiger partial charge in [0.25, 0.3) is 5.91 Å². The highest BCUT2D eigenvalue weighted by Gasteiger charge is 2.33. The van der Waals surface area contributed by atoms with Crippen LogP contribution in [0.4, 0.5) is 0 Å². The zero-order valence-electron chi connectivity index (χ0n) is 12.3. The first-order chi connectivity index (χ1) is 9.24. The molecule has 0 aliphatic carbocycles. The first-order valence-electron chi connectivity index (χ1n) is 6.68. The maximum atomic E-state index is 12.4. The van der Waals surface area contributed by atoms with Crippen LogP contribution < -0.4 is 5.48 Å². The Morgan fingerprint density at radius 2 is 2.05 bits per heavy atom. The summed E-state index contributed by atoms with van der Waals surface area (Å²) in [6.45, 7) is 8.84. The first kappa shape index (κ1) is 14.6. The topological polar surface area (TPSA) is 74.6 Å². The van der Waals surface area contributed by atoms with Crippen molar-refractivity contribution in [3.63, 3.8) is 0 Å². The van der Waals surface area contributed by atoms with Crippen LogP contribution in [0, 0.1) is 5.41 Å². The molecule has 0 fully saturated rings. The summed E-state index contributed by atoms with van der Waals surface area (Å²) in [5, 5.41) is 8.67. The Morgan fingerprint density at radius 1 is 1.40 bits per heavy atom. The van der Waals surface area contributed by atoms with E-state index in [4.69, 9.17) is 5.21 Å². The lowest BCUT2D eigenvalue weighted by atomic mass is 9.93. The Morgan fingerprint density at radius 3 is 2.60 bits per heavy atom. The van der Waals surface area contributed by atoms with Gasteiger partial charge in [-0.1, -0.05) is 20.8 Å². The zero-order valence-corrected chi connectivity index (χ0v) is 12.3. The maximum Gasteiger partial charge on any atom is 0.276 e. The number of hydrogen-bond acceptors (Lipinski definition) is 3. The van der Waals surface area contributed by atoms with Crippen molar-refractivity contribution < 1.29 is 14.8 Å². The molecule has 6 heteroatoms. The summed E-state index contributed by atoms with van der Waals surface area (Å²) in [5.74, 6) is -0.432. The van der Waals surface area contributed by atoms with E-state index in [1.54, 1.807) is 17.7 Å². The molecule has 0 saturated carbocycles. The SMILES string of the molecule is CC1Cn2cc(C(=O)NO)cc2CN1C(=O)C(C)(C)C. The Bertz CT molecular complexity index is 542. The summed E-state index contributed by atoms with van der Waals surface area (Å²) in [6, 6.07) is 1.78. The Balaban J connectivity index is 2.27. The highest BCUT2D eigenvalue weighted by Crippen LogP contribution is 2.26. The van der Waals surface area contributed by atoms with Gasteiger partial charge in [0, 0.05) is 29.9 Å². The van der Waals surface area contributed by atoms with E-state index in [0.29, 0.717) is 18.7 Å². The second kappa shape index (κ2) is 4.94. The molecule has 0 aromatic carbocycles. The number of aromatic nitrogens is 1. The predicted octanol–water partition coefficient (Wildman–Crippen LogP) is 1.38. The van der Waals surface area contributed by atoms with Crippen LogP contribution in [0.3, 0.4) is 0 Å². The van der Waals surface area contributed by atoms with Gasteiger partial charge in [-0.05, 0) is 13.0 Å². The molecule has 1 unspecified atom stereocenters. The summed E-state index contributed by atoms with van der Waals surface area (Å²) in [4.78, 5) is 25.7. The predicted molar refractivity (Wildman–Crippen MR) is 73.2 cm³/mol. The lowest BCUT2D eigenvalue weighted by Crippen LogP contribution is -2.48. The fourth-order valence-electron chi connectivity index (χ4n) is 2.46. The number of rotatable bonds is 1. The largest absolute Gasteiger partial charge is 0.347 e. The second-order valence-corrected chi connectivity index (χ2v) is 6.35. The normalized spacial score (nSPS) is 18.6. The monoisotopic (exact) mass is 279 g/mol. The van der Waals surface area contributed by atoms with E-state index < -0.39 is 11.3 Å². The van der Waals surface area contributed by atoms with Gasteiger partial charge in [-0.3, -0.25) is 14.8 Å². The molecule has 110 valence electrons. The van der Waals surface area contributed by atoms with Crippen molar-refractivity contribution in [3.8, 4) is 0 Å². The van der Waals surface area contributed by atoms with Crippen LogP contribution in [-0.2, 0) is 17.9 Å². The molecule has 1 aliphatic heterocycles. The third-order valence-corrected chi connectivity index (χ3v) is 3.58. The van der Waals surface area contributed by atoms with Gasteiger partial charge in [0.2, 0.25) is 5.91 Å². The minimum Gasteiger partial charge on any atom is -0.347 e. The molecule has 0 saturated heterocycles. The lowest BCUT2D eigenvalue weighted by Gasteiger charge is -2.38. The molecule has 0 radical (unpaired) electrons. The van der Waals surface area contributed by atoms with Gasteiger partial charge in [0.1, 0.15) is 0 Å². The summed E-state index contributed by atoms with van der Waals surface area (Å²) in [6.07, 6.45) is 1.70. The van der Waals surface area contributed by atoms with E-state index in [9.17, 15) is 9.59 Å². The maximum absolute atomic E-state index is 12.4. The van der Waals surface area contributed by atoms with E-state index in [1.165, 1.54) is 0 Å². The van der Waals surface area contributed by atoms with Crippen LogP contribution in [0.2, 0.25) is 0 Å². The van der Waals surface area contributed by atoms with Crippen molar-refractivity contribution in [2.45, 2.75) is 46.8 Å². The number of carbonyl (C=O) groups excluding carboxylic acids is 2. The Kier molecular flexibility index (Phi) is 3.60. The molecule has 0 spiro atoms. The highest BCUT2D eigenvalue weighted by atomic mass is 16.5. The van der Waals surface area contributed by atoms with E-state index in [2.05, 4.69) is 0 Å². The van der Waals surface area contributed by atoms with Gasteiger partial charge in [-0.25, -0.2) is 5.48 Å². The summed E-state index contributed by atoms with van der Waals surface area (Å²) in [7, 11) is 0. The number of nitrogens with zero attached hydrogens (tertiary/aromatic N) is 2. The molecule has 6 nitrogen and oxygen atoms in total. The summed E-state index contributed by atoms with van der Waals surface area (Å²) in [5.41, 5.74) is 2.51. The molecule has 2 amide bonds. The average molecular weight is 279 g/mol. The summed E-state index contributed by atoms with van der Waals surface area (Å²) >= 11 is 0. The molecule has 0 bridgehead atoms. The Hall–Kier alpha value is -1.82. The number of fused-ring (bicyclic) bond motifs is 1.